The van der Waals surface area contributed by atoms with Crippen LogP contribution in [-0.4, -0.2) is 15.0 Å². The summed E-state index contributed by atoms with van der Waals surface area (Å²) < 4.78 is 5.57. The predicted octanol–water partition coefficient (Wildman–Crippen LogP) is 2.53. The quantitative estimate of drug-likeness (QED) is 0.569. The van der Waals surface area contributed by atoms with Crippen LogP contribution in [0.4, 0.5) is 5.69 Å². The summed E-state index contributed by atoms with van der Waals surface area (Å²) in [6.07, 6.45) is 0. The van der Waals surface area contributed by atoms with Crippen molar-refractivity contribution in [1.29, 1.82) is 5.26 Å². The van der Waals surface area contributed by atoms with Crippen molar-refractivity contribution in [2.45, 2.75) is 17.3 Å². The van der Waals surface area contributed by atoms with E-state index in [1.807, 2.05) is 6.07 Å². The van der Waals surface area contributed by atoms with Crippen molar-refractivity contribution in [3.8, 4) is 6.07 Å². The van der Waals surface area contributed by atoms with E-state index in [9.17, 15) is 0 Å². The molecule has 2 heterocycles. The van der Waals surface area contributed by atoms with Gasteiger partial charge in [-0.3, -0.25) is 0 Å². The largest absolute Gasteiger partial charge is 0.431 e. The van der Waals surface area contributed by atoms with E-state index in [-0.39, 0.29) is 0 Å². The SMILES string of the molecule is Cc1cc(C#N)nc(Sc2nc3cc(N)ccc3o2)n1. The Balaban J connectivity index is 1.97. The summed E-state index contributed by atoms with van der Waals surface area (Å²) in [6.45, 7) is 1.80. The minimum Gasteiger partial charge on any atom is -0.431 e. The lowest BCUT2D eigenvalue weighted by Gasteiger charge is -1.97. The summed E-state index contributed by atoms with van der Waals surface area (Å²) in [5.41, 5.74) is 8.69. The highest BCUT2D eigenvalue weighted by Gasteiger charge is 2.11. The van der Waals surface area contributed by atoms with Crippen LogP contribution in [0.1, 0.15) is 11.4 Å². The summed E-state index contributed by atoms with van der Waals surface area (Å²) in [5, 5.41) is 9.74. The fraction of sp³-hybridized carbons (Fsp3) is 0.0769. The van der Waals surface area contributed by atoms with Gasteiger partial charge in [-0.1, -0.05) is 0 Å². The molecule has 0 aliphatic carbocycles. The third-order valence-electron chi connectivity index (χ3n) is 2.52. The molecule has 1 aromatic carbocycles. The Morgan fingerprint density at radius 3 is 2.90 bits per heavy atom. The van der Waals surface area contributed by atoms with E-state index in [1.165, 1.54) is 11.8 Å². The highest BCUT2D eigenvalue weighted by atomic mass is 32.2. The molecule has 0 bridgehead atoms. The first kappa shape index (κ1) is 12.4. The minimum absolute atomic E-state index is 0.320. The van der Waals surface area contributed by atoms with E-state index in [2.05, 4.69) is 15.0 Å². The molecule has 0 atom stereocenters. The normalized spacial score (nSPS) is 10.6. The van der Waals surface area contributed by atoms with Gasteiger partial charge in [-0.2, -0.15) is 5.26 Å². The molecule has 6 nitrogen and oxygen atoms in total. The molecule has 0 unspecified atom stereocenters. The Morgan fingerprint density at radius 2 is 2.10 bits per heavy atom. The molecule has 0 radical (unpaired) electrons. The number of nitrogen functional groups attached to an aromatic ring is 1. The standard InChI is InChI=1S/C13H9N5OS/c1-7-4-9(6-14)17-12(16-7)20-13-18-10-5-8(15)2-3-11(10)19-13/h2-5H,15H2,1H3. The molecule has 0 spiro atoms. The fourth-order valence-corrected chi connectivity index (χ4v) is 2.45. The first-order valence-corrected chi connectivity index (χ1v) is 6.55. The zero-order valence-corrected chi connectivity index (χ0v) is 11.3. The molecule has 98 valence electrons. The smallest absolute Gasteiger partial charge is 0.264 e. The number of nitrogens with two attached hydrogens (primary N) is 1. The average Bonchev–Trinajstić information content (AvgIpc) is 2.79. The summed E-state index contributed by atoms with van der Waals surface area (Å²) in [4.78, 5) is 12.6. The maximum Gasteiger partial charge on any atom is 0.264 e. The summed E-state index contributed by atoms with van der Waals surface area (Å²) in [7, 11) is 0. The number of hydrogen-bond acceptors (Lipinski definition) is 7. The Bertz CT molecular complexity index is 836. The Hall–Kier alpha value is -2.59. The Kier molecular flexibility index (Phi) is 3.00. The van der Waals surface area contributed by atoms with Gasteiger partial charge < -0.3 is 10.2 Å². The van der Waals surface area contributed by atoms with E-state index in [1.54, 1.807) is 31.2 Å². The van der Waals surface area contributed by atoms with Gasteiger partial charge in [0.2, 0.25) is 0 Å². The Labute approximate surface area is 118 Å². The zero-order chi connectivity index (χ0) is 14.1. The number of rotatable bonds is 2. The van der Waals surface area contributed by atoms with Gasteiger partial charge in [-0.05, 0) is 31.2 Å². The molecule has 2 N–H and O–H groups in total. The number of hydrogen-bond donors (Lipinski definition) is 1. The van der Waals surface area contributed by atoms with Gasteiger partial charge in [0.1, 0.15) is 17.3 Å². The van der Waals surface area contributed by atoms with Gasteiger partial charge in [0.25, 0.3) is 5.22 Å². The molecular weight excluding hydrogens is 274 g/mol. The number of nitrogens with zero attached hydrogens (tertiary/aromatic N) is 4. The molecule has 0 saturated heterocycles. The topological polar surface area (TPSA) is 102 Å². The molecule has 0 amide bonds. The molecule has 2 aromatic heterocycles. The van der Waals surface area contributed by atoms with Crippen LogP contribution in [0.3, 0.4) is 0 Å². The highest BCUT2D eigenvalue weighted by molar-refractivity contribution is 7.98. The summed E-state index contributed by atoms with van der Waals surface area (Å²) in [6, 6.07) is 8.87. The van der Waals surface area contributed by atoms with Crippen molar-refractivity contribution >= 4 is 28.5 Å². The van der Waals surface area contributed by atoms with E-state index >= 15 is 0 Å². The summed E-state index contributed by atoms with van der Waals surface area (Å²) in [5.74, 6) is 0. The number of aryl methyl sites for hydroxylation is 1. The lowest BCUT2D eigenvalue weighted by atomic mass is 10.3. The van der Waals surface area contributed by atoms with Crippen molar-refractivity contribution in [3.05, 3.63) is 35.7 Å². The average molecular weight is 283 g/mol. The number of benzene rings is 1. The predicted molar refractivity (Wildman–Crippen MR) is 74.0 cm³/mol. The first-order chi connectivity index (χ1) is 9.64. The van der Waals surface area contributed by atoms with Crippen molar-refractivity contribution in [3.63, 3.8) is 0 Å². The number of aromatic nitrogens is 3. The molecule has 0 fully saturated rings. The van der Waals surface area contributed by atoms with Crippen molar-refractivity contribution in [2.75, 3.05) is 5.73 Å². The maximum absolute atomic E-state index is 8.89. The van der Waals surface area contributed by atoms with Crippen LogP contribution in [-0.2, 0) is 0 Å². The second-order valence-corrected chi connectivity index (χ2v) is 5.02. The van der Waals surface area contributed by atoms with Crippen LogP contribution in [0.15, 0.2) is 39.1 Å². The van der Waals surface area contributed by atoms with Crippen LogP contribution in [0.5, 0.6) is 0 Å². The highest BCUT2D eigenvalue weighted by Crippen LogP contribution is 2.28. The molecule has 0 aliphatic rings. The van der Waals surface area contributed by atoms with Gasteiger partial charge in [0.15, 0.2) is 10.7 Å². The van der Waals surface area contributed by atoms with Crippen molar-refractivity contribution < 1.29 is 4.42 Å². The number of fused-ring (bicyclic) bond motifs is 1. The van der Waals surface area contributed by atoms with Crippen LogP contribution >= 0.6 is 11.8 Å². The zero-order valence-electron chi connectivity index (χ0n) is 10.5. The maximum atomic E-state index is 8.89. The number of nitriles is 1. The molecule has 20 heavy (non-hydrogen) atoms. The first-order valence-electron chi connectivity index (χ1n) is 5.74. The van der Waals surface area contributed by atoms with Gasteiger partial charge >= 0.3 is 0 Å². The van der Waals surface area contributed by atoms with Crippen LogP contribution in [0, 0.1) is 18.3 Å². The van der Waals surface area contributed by atoms with Crippen molar-refractivity contribution in [1.82, 2.24) is 15.0 Å². The lowest BCUT2D eigenvalue weighted by molar-refractivity contribution is 0.488. The Morgan fingerprint density at radius 1 is 1.25 bits per heavy atom. The van der Waals surface area contributed by atoms with Crippen molar-refractivity contribution in [2.24, 2.45) is 0 Å². The van der Waals surface area contributed by atoms with Gasteiger partial charge in [-0.25, -0.2) is 15.0 Å². The number of anilines is 1. The molecule has 0 saturated carbocycles. The molecular formula is C13H9N5OS. The second kappa shape index (κ2) is 4.83. The third-order valence-corrected chi connectivity index (χ3v) is 3.23. The molecule has 0 aliphatic heterocycles. The van der Waals surface area contributed by atoms with Crippen LogP contribution in [0.25, 0.3) is 11.1 Å². The van der Waals surface area contributed by atoms with E-state index < -0.39 is 0 Å². The fourth-order valence-electron chi connectivity index (χ4n) is 1.69. The van der Waals surface area contributed by atoms with E-state index in [0.717, 1.165) is 5.69 Å². The monoisotopic (exact) mass is 283 g/mol. The van der Waals surface area contributed by atoms with Gasteiger partial charge in [0.05, 0.1) is 0 Å². The molecule has 3 aromatic rings. The second-order valence-electron chi connectivity index (χ2n) is 4.10. The molecule has 3 rings (SSSR count). The van der Waals surface area contributed by atoms with Gasteiger partial charge in [0, 0.05) is 23.1 Å². The summed E-state index contributed by atoms with van der Waals surface area (Å²) >= 11 is 1.17. The number of oxazole rings is 1. The minimum atomic E-state index is 0.320. The lowest BCUT2D eigenvalue weighted by Crippen LogP contribution is -1.93. The van der Waals surface area contributed by atoms with Crippen LogP contribution in [0.2, 0.25) is 0 Å². The van der Waals surface area contributed by atoms with E-state index in [0.29, 0.717) is 32.9 Å². The molecule has 7 heteroatoms. The van der Waals surface area contributed by atoms with Gasteiger partial charge in [-0.15, -0.1) is 0 Å². The van der Waals surface area contributed by atoms with E-state index in [4.69, 9.17) is 15.4 Å². The van der Waals surface area contributed by atoms with Crippen LogP contribution < -0.4 is 5.73 Å². The third kappa shape index (κ3) is 2.41.